The molecule has 1 unspecified atom stereocenters. The molecule has 1 saturated carbocycles. The minimum absolute atomic E-state index is 0.127. The van der Waals surface area contributed by atoms with E-state index in [1.54, 1.807) is 0 Å². The predicted octanol–water partition coefficient (Wildman–Crippen LogP) is 2.80. The molecule has 5 rings (SSSR count). The third-order valence-corrected chi connectivity index (χ3v) is 6.68. The molecule has 3 aliphatic rings. The lowest BCUT2D eigenvalue weighted by atomic mass is 9.78. The van der Waals surface area contributed by atoms with Gasteiger partial charge in [0, 0.05) is 26.7 Å². The summed E-state index contributed by atoms with van der Waals surface area (Å²) in [4.78, 5) is 22.6. The van der Waals surface area contributed by atoms with E-state index in [1.807, 2.05) is 6.07 Å². The van der Waals surface area contributed by atoms with Crippen LogP contribution in [0.3, 0.4) is 0 Å². The Morgan fingerprint density at radius 3 is 2.85 bits per heavy atom. The number of likely N-dealkylation sites (tertiary alicyclic amines) is 2. The second kappa shape index (κ2) is 6.08. The van der Waals surface area contributed by atoms with E-state index in [1.165, 1.54) is 24.8 Å². The van der Waals surface area contributed by atoms with Crippen LogP contribution in [0.4, 0.5) is 0 Å². The Bertz CT molecular complexity index is 840. The largest absolute Gasteiger partial charge is 0.342 e. The van der Waals surface area contributed by atoms with Crippen molar-refractivity contribution in [3.8, 4) is 0 Å². The summed E-state index contributed by atoms with van der Waals surface area (Å²) in [6, 6.07) is 8.30. The second-order valence-corrected chi connectivity index (χ2v) is 8.61. The van der Waals surface area contributed by atoms with E-state index >= 15 is 0 Å². The number of rotatable bonds is 4. The van der Waals surface area contributed by atoms with Crippen LogP contribution in [0, 0.1) is 11.3 Å². The molecular formula is C21H28N4O. The third-order valence-electron chi connectivity index (χ3n) is 6.68. The highest BCUT2D eigenvalue weighted by molar-refractivity contribution is 5.84. The number of carbonyl (C=O) groups excluding carboxylic acids is 1. The minimum Gasteiger partial charge on any atom is -0.342 e. The molecular weight excluding hydrogens is 324 g/mol. The van der Waals surface area contributed by atoms with E-state index in [-0.39, 0.29) is 5.41 Å². The lowest BCUT2D eigenvalue weighted by Gasteiger charge is -2.39. The van der Waals surface area contributed by atoms with Crippen LogP contribution in [-0.2, 0) is 18.4 Å². The molecule has 1 aromatic heterocycles. The first-order valence-electron chi connectivity index (χ1n) is 10.1. The number of nitrogens with zero attached hydrogens (tertiary/aromatic N) is 4. The molecule has 1 amide bonds. The number of imidazole rings is 1. The average molecular weight is 352 g/mol. The zero-order valence-corrected chi connectivity index (χ0v) is 15.7. The lowest BCUT2D eigenvalue weighted by molar-refractivity contribution is -0.145. The van der Waals surface area contributed by atoms with E-state index in [2.05, 4.69) is 39.6 Å². The molecule has 1 atom stereocenters. The average Bonchev–Trinajstić information content (AvgIpc) is 3.29. The maximum Gasteiger partial charge on any atom is 0.230 e. The molecule has 1 spiro atoms. The van der Waals surface area contributed by atoms with Gasteiger partial charge >= 0.3 is 0 Å². The van der Waals surface area contributed by atoms with Crippen LogP contribution in [0.5, 0.6) is 0 Å². The monoisotopic (exact) mass is 352 g/mol. The summed E-state index contributed by atoms with van der Waals surface area (Å²) in [6.45, 7) is 4.72. The normalized spacial score (nSPS) is 27.1. The highest BCUT2D eigenvalue weighted by Gasteiger charge is 2.48. The Kier molecular flexibility index (Phi) is 3.82. The fourth-order valence-corrected chi connectivity index (χ4v) is 4.95. The summed E-state index contributed by atoms with van der Waals surface area (Å²) >= 11 is 0. The number of hydrogen-bond acceptors (Lipinski definition) is 3. The smallest absolute Gasteiger partial charge is 0.230 e. The number of hydrogen-bond donors (Lipinski definition) is 0. The standard InChI is InChI=1S/C21H28N4O/c1-23-18-6-3-2-5-17(18)22-19(23)14-24-12-10-21(15-24)9-4-11-25(20(21)26)13-16-7-8-16/h2-3,5-6,16H,4,7-15H2,1H3. The van der Waals surface area contributed by atoms with Crippen LogP contribution in [0.15, 0.2) is 24.3 Å². The summed E-state index contributed by atoms with van der Waals surface area (Å²) in [5.74, 6) is 2.32. The van der Waals surface area contributed by atoms with Gasteiger partial charge in [0.05, 0.1) is 23.0 Å². The third kappa shape index (κ3) is 2.73. The Balaban J connectivity index is 1.31. The maximum atomic E-state index is 13.2. The van der Waals surface area contributed by atoms with Crippen molar-refractivity contribution in [1.82, 2.24) is 19.4 Å². The highest BCUT2D eigenvalue weighted by atomic mass is 16.2. The number of benzene rings is 1. The fourth-order valence-electron chi connectivity index (χ4n) is 4.95. The zero-order valence-electron chi connectivity index (χ0n) is 15.7. The Hall–Kier alpha value is -1.88. The van der Waals surface area contributed by atoms with E-state index in [4.69, 9.17) is 4.98 Å². The van der Waals surface area contributed by atoms with Crippen LogP contribution in [-0.4, -0.2) is 51.4 Å². The van der Waals surface area contributed by atoms with Crippen LogP contribution in [0.25, 0.3) is 11.0 Å². The predicted molar refractivity (Wildman–Crippen MR) is 102 cm³/mol. The zero-order chi connectivity index (χ0) is 17.7. The van der Waals surface area contributed by atoms with Crippen molar-refractivity contribution >= 4 is 16.9 Å². The summed E-state index contributed by atoms with van der Waals surface area (Å²) in [5.41, 5.74) is 2.11. The van der Waals surface area contributed by atoms with Crippen LogP contribution in [0.1, 0.15) is 37.9 Å². The molecule has 3 heterocycles. The molecule has 26 heavy (non-hydrogen) atoms. The summed E-state index contributed by atoms with van der Waals surface area (Å²) < 4.78 is 2.20. The van der Waals surface area contributed by atoms with Gasteiger partial charge in [-0.25, -0.2) is 4.98 Å². The molecule has 0 bridgehead atoms. The topological polar surface area (TPSA) is 41.4 Å². The van der Waals surface area contributed by atoms with Crippen molar-refractivity contribution in [3.63, 3.8) is 0 Å². The van der Waals surface area contributed by atoms with Gasteiger partial charge < -0.3 is 9.47 Å². The van der Waals surface area contributed by atoms with Crippen molar-refractivity contribution in [2.24, 2.45) is 18.4 Å². The molecule has 5 heteroatoms. The fraction of sp³-hybridized carbons (Fsp3) is 0.619. The number of aromatic nitrogens is 2. The summed E-state index contributed by atoms with van der Waals surface area (Å²) in [5, 5.41) is 0. The van der Waals surface area contributed by atoms with Gasteiger partial charge in [0.1, 0.15) is 5.82 Å². The van der Waals surface area contributed by atoms with Gasteiger partial charge in [-0.15, -0.1) is 0 Å². The summed E-state index contributed by atoms with van der Waals surface area (Å²) in [7, 11) is 2.10. The quantitative estimate of drug-likeness (QED) is 0.850. The second-order valence-electron chi connectivity index (χ2n) is 8.61. The molecule has 3 fully saturated rings. The molecule has 0 radical (unpaired) electrons. The number of amides is 1. The lowest BCUT2D eigenvalue weighted by Crippen LogP contribution is -2.50. The number of para-hydroxylation sites is 2. The van der Waals surface area contributed by atoms with Crippen molar-refractivity contribution in [1.29, 1.82) is 0 Å². The molecule has 2 saturated heterocycles. The first-order valence-corrected chi connectivity index (χ1v) is 10.1. The van der Waals surface area contributed by atoms with Crippen molar-refractivity contribution in [2.75, 3.05) is 26.2 Å². The Morgan fingerprint density at radius 2 is 2.04 bits per heavy atom. The van der Waals surface area contributed by atoms with Crippen molar-refractivity contribution in [3.05, 3.63) is 30.1 Å². The Morgan fingerprint density at radius 1 is 1.19 bits per heavy atom. The van der Waals surface area contributed by atoms with Gasteiger partial charge in [-0.2, -0.15) is 0 Å². The van der Waals surface area contributed by atoms with Gasteiger partial charge in [0.2, 0.25) is 5.91 Å². The number of carbonyl (C=O) groups is 1. The minimum atomic E-state index is -0.127. The van der Waals surface area contributed by atoms with Crippen LogP contribution < -0.4 is 0 Å². The van der Waals surface area contributed by atoms with Gasteiger partial charge in [-0.3, -0.25) is 9.69 Å². The van der Waals surface area contributed by atoms with Crippen LogP contribution in [0.2, 0.25) is 0 Å². The van der Waals surface area contributed by atoms with Gasteiger partial charge in [0.15, 0.2) is 0 Å². The highest BCUT2D eigenvalue weighted by Crippen LogP contribution is 2.42. The van der Waals surface area contributed by atoms with Crippen LogP contribution >= 0.6 is 0 Å². The van der Waals surface area contributed by atoms with E-state index in [9.17, 15) is 4.79 Å². The summed E-state index contributed by atoms with van der Waals surface area (Å²) in [6.07, 6.45) is 5.87. The van der Waals surface area contributed by atoms with Crippen molar-refractivity contribution in [2.45, 2.75) is 38.6 Å². The number of aryl methyl sites for hydroxylation is 1. The first kappa shape index (κ1) is 16.3. The SMILES string of the molecule is Cn1c(CN2CCC3(CCCN(CC4CC4)C3=O)C2)nc2ccccc21. The van der Waals surface area contributed by atoms with Gasteiger partial charge in [-0.1, -0.05) is 12.1 Å². The number of fused-ring (bicyclic) bond motifs is 1. The molecule has 2 aliphatic heterocycles. The molecule has 0 N–H and O–H groups in total. The Labute approximate surface area is 155 Å². The molecule has 138 valence electrons. The molecule has 1 aliphatic carbocycles. The maximum absolute atomic E-state index is 13.2. The number of piperidine rings is 1. The van der Waals surface area contributed by atoms with E-state index < -0.39 is 0 Å². The molecule has 1 aromatic carbocycles. The first-order chi connectivity index (χ1) is 12.6. The molecule has 2 aromatic rings. The van der Waals surface area contributed by atoms with Gasteiger partial charge in [0.25, 0.3) is 0 Å². The van der Waals surface area contributed by atoms with E-state index in [0.29, 0.717) is 5.91 Å². The van der Waals surface area contributed by atoms with Gasteiger partial charge in [-0.05, 0) is 56.7 Å². The van der Waals surface area contributed by atoms with Crippen molar-refractivity contribution < 1.29 is 4.79 Å². The van der Waals surface area contributed by atoms with E-state index in [0.717, 1.165) is 62.8 Å². The molecule has 5 nitrogen and oxygen atoms in total.